The van der Waals surface area contributed by atoms with Gasteiger partial charge in [0.2, 0.25) is 15.9 Å². The largest absolute Gasteiger partial charge is 0.493 e. The van der Waals surface area contributed by atoms with Gasteiger partial charge in [0, 0.05) is 5.75 Å². The van der Waals surface area contributed by atoms with Crippen molar-refractivity contribution in [2.75, 3.05) is 12.4 Å². The first-order chi connectivity index (χ1) is 11.9. The Balaban J connectivity index is 0.00000243. The van der Waals surface area contributed by atoms with E-state index in [1.165, 1.54) is 12.1 Å². The predicted molar refractivity (Wildman–Crippen MR) is 101 cm³/mol. The normalized spacial score (nSPS) is 15.8. The van der Waals surface area contributed by atoms with Gasteiger partial charge in [0.05, 0.1) is 22.8 Å². The molecule has 0 bridgehead atoms. The molecule has 0 spiro atoms. The van der Waals surface area contributed by atoms with Crippen LogP contribution in [0.4, 0.5) is 0 Å². The molecule has 1 aliphatic rings. The lowest BCUT2D eigenvalue weighted by Gasteiger charge is -2.34. The van der Waals surface area contributed by atoms with Crippen LogP contribution < -0.4 is 15.6 Å². The number of halogens is 1. The predicted octanol–water partition coefficient (Wildman–Crippen LogP) is 1.79. The molecule has 1 heterocycles. The number of thioether (sulfide) groups is 1. The van der Waals surface area contributed by atoms with Gasteiger partial charge in [-0.2, -0.15) is 4.98 Å². The zero-order chi connectivity index (χ0) is 17.9. The van der Waals surface area contributed by atoms with Gasteiger partial charge in [-0.05, 0) is 43.5 Å². The maximum Gasteiger partial charge on any atom is 0.238 e. The lowest BCUT2D eigenvalue weighted by atomic mass is 9.77. The second-order valence-corrected chi connectivity index (χ2v) is 8.61. The van der Waals surface area contributed by atoms with Gasteiger partial charge in [-0.1, -0.05) is 5.16 Å². The third-order valence-corrected chi connectivity index (χ3v) is 5.87. The zero-order valence-corrected chi connectivity index (χ0v) is 16.4. The number of benzene rings is 1. The highest BCUT2D eigenvalue weighted by atomic mass is 35.5. The van der Waals surface area contributed by atoms with Crippen molar-refractivity contribution in [2.45, 2.75) is 35.4 Å². The smallest absolute Gasteiger partial charge is 0.238 e. The van der Waals surface area contributed by atoms with E-state index < -0.39 is 15.6 Å². The first kappa shape index (κ1) is 21.0. The molecule has 0 unspecified atom stereocenters. The first-order valence-electron chi connectivity index (χ1n) is 7.82. The van der Waals surface area contributed by atoms with Crippen LogP contribution in [0.2, 0.25) is 0 Å². The quantitative estimate of drug-likeness (QED) is 0.617. The molecule has 0 saturated heterocycles. The van der Waals surface area contributed by atoms with Crippen molar-refractivity contribution in [1.29, 1.82) is 0 Å². The summed E-state index contributed by atoms with van der Waals surface area (Å²) < 4.78 is 33.1. The molecule has 8 nitrogen and oxygen atoms in total. The van der Waals surface area contributed by atoms with E-state index in [4.69, 9.17) is 20.1 Å². The summed E-state index contributed by atoms with van der Waals surface area (Å²) in [5.74, 6) is 3.07. The van der Waals surface area contributed by atoms with Crippen molar-refractivity contribution in [2.24, 2.45) is 10.9 Å². The van der Waals surface area contributed by atoms with Crippen molar-refractivity contribution in [3.8, 4) is 5.75 Å². The Morgan fingerprint density at radius 2 is 1.96 bits per heavy atom. The lowest BCUT2D eigenvalue weighted by Crippen LogP contribution is -2.44. The Kier molecular flexibility index (Phi) is 6.92. The zero-order valence-electron chi connectivity index (χ0n) is 14.0. The molecular weight excluding hydrogens is 400 g/mol. The second-order valence-electron chi connectivity index (χ2n) is 5.94. The molecule has 3 rings (SSSR count). The molecule has 1 aliphatic carbocycles. The summed E-state index contributed by atoms with van der Waals surface area (Å²) in [6.45, 7) is 0.473. The van der Waals surface area contributed by atoms with E-state index in [0.717, 1.165) is 25.0 Å². The fraction of sp³-hybridized carbons (Fsp3) is 0.467. The molecule has 4 N–H and O–H groups in total. The summed E-state index contributed by atoms with van der Waals surface area (Å²) >= 11 is 1.60. The molecule has 144 valence electrons. The van der Waals surface area contributed by atoms with Crippen LogP contribution in [0.3, 0.4) is 0 Å². The third-order valence-electron chi connectivity index (χ3n) is 4.03. The van der Waals surface area contributed by atoms with Gasteiger partial charge in [-0.3, -0.25) is 0 Å². The van der Waals surface area contributed by atoms with E-state index in [9.17, 15) is 8.42 Å². The highest BCUT2D eigenvalue weighted by molar-refractivity contribution is 7.98. The van der Waals surface area contributed by atoms with Gasteiger partial charge in [-0.25, -0.2) is 13.6 Å². The Morgan fingerprint density at radius 3 is 2.54 bits per heavy atom. The Labute approximate surface area is 162 Å². The number of sulfonamides is 1. The Hall–Kier alpha value is -1.33. The van der Waals surface area contributed by atoms with Crippen molar-refractivity contribution in [1.82, 2.24) is 10.1 Å². The molecule has 26 heavy (non-hydrogen) atoms. The van der Waals surface area contributed by atoms with Gasteiger partial charge >= 0.3 is 0 Å². The van der Waals surface area contributed by atoms with Gasteiger partial charge < -0.3 is 15.0 Å². The lowest BCUT2D eigenvalue weighted by molar-refractivity contribution is 0.229. The highest BCUT2D eigenvalue weighted by Gasteiger charge is 2.38. The molecule has 0 radical (unpaired) electrons. The molecule has 0 aliphatic heterocycles. The Bertz CT molecular complexity index is 822. The van der Waals surface area contributed by atoms with Crippen LogP contribution in [-0.4, -0.2) is 30.9 Å². The minimum atomic E-state index is -3.68. The fourth-order valence-electron chi connectivity index (χ4n) is 2.40. The van der Waals surface area contributed by atoms with Crippen LogP contribution in [0.1, 0.15) is 31.0 Å². The highest BCUT2D eigenvalue weighted by Crippen LogP contribution is 2.37. The number of hydrogen-bond acceptors (Lipinski definition) is 8. The molecule has 1 aromatic carbocycles. The van der Waals surface area contributed by atoms with E-state index in [2.05, 4.69) is 10.1 Å². The number of ether oxygens (including phenoxy) is 1. The molecule has 11 heteroatoms. The van der Waals surface area contributed by atoms with E-state index in [0.29, 0.717) is 29.8 Å². The Morgan fingerprint density at radius 1 is 1.27 bits per heavy atom. The number of nitrogens with zero attached hydrogens (tertiary/aromatic N) is 2. The minimum Gasteiger partial charge on any atom is -0.493 e. The van der Waals surface area contributed by atoms with Gasteiger partial charge in [-0.15, -0.1) is 24.2 Å². The topological polar surface area (TPSA) is 134 Å². The summed E-state index contributed by atoms with van der Waals surface area (Å²) in [6.07, 6.45) is 2.90. The van der Waals surface area contributed by atoms with E-state index in [1.807, 2.05) is 0 Å². The third kappa shape index (κ3) is 5.10. The summed E-state index contributed by atoms with van der Waals surface area (Å²) in [5.41, 5.74) is 5.75. The van der Waals surface area contributed by atoms with E-state index in [-0.39, 0.29) is 17.3 Å². The van der Waals surface area contributed by atoms with Crippen molar-refractivity contribution >= 4 is 34.2 Å². The number of aromatic nitrogens is 2. The second kappa shape index (κ2) is 8.57. The van der Waals surface area contributed by atoms with Crippen LogP contribution in [-0.2, 0) is 21.3 Å². The van der Waals surface area contributed by atoms with Crippen molar-refractivity contribution < 1.29 is 17.7 Å². The maximum absolute atomic E-state index is 11.2. The number of nitrogens with two attached hydrogens (primary N) is 2. The first-order valence-corrected chi connectivity index (χ1v) is 10.5. The van der Waals surface area contributed by atoms with Crippen molar-refractivity contribution in [3.63, 3.8) is 0 Å². The average Bonchev–Trinajstić information content (AvgIpc) is 3.01. The molecule has 1 fully saturated rings. The average molecular weight is 421 g/mol. The molecular formula is C15H21ClN4O4S2. The van der Waals surface area contributed by atoms with Gasteiger partial charge in [0.1, 0.15) is 5.75 Å². The SMILES string of the molecule is Cl.NC1(c2noc(CSCCOc3ccc(S(N)(=O)=O)cc3)n2)CCC1. The van der Waals surface area contributed by atoms with Crippen LogP contribution in [0.25, 0.3) is 0 Å². The van der Waals surface area contributed by atoms with Gasteiger partial charge in [0.15, 0.2) is 5.82 Å². The molecule has 2 aromatic rings. The van der Waals surface area contributed by atoms with E-state index >= 15 is 0 Å². The number of hydrogen-bond donors (Lipinski definition) is 2. The van der Waals surface area contributed by atoms with E-state index in [1.54, 1.807) is 23.9 Å². The van der Waals surface area contributed by atoms with Gasteiger partial charge in [0.25, 0.3) is 0 Å². The number of rotatable bonds is 8. The monoisotopic (exact) mass is 420 g/mol. The minimum absolute atomic E-state index is 0. The van der Waals surface area contributed by atoms with Crippen LogP contribution in [0.5, 0.6) is 5.75 Å². The van der Waals surface area contributed by atoms with Crippen molar-refractivity contribution in [3.05, 3.63) is 36.0 Å². The molecule has 0 amide bonds. The summed E-state index contributed by atoms with van der Waals surface area (Å²) in [5, 5.41) is 9.01. The summed E-state index contributed by atoms with van der Waals surface area (Å²) in [4.78, 5) is 4.42. The fourth-order valence-corrected chi connectivity index (χ4v) is 3.55. The molecule has 1 saturated carbocycles. The van der Waals surface area contributed by atoms with Crippen LogP contribution in [0.15, 0.2) is 33.7 Å². The molecule has 1 aromatic heterocycles. The summed E-state index contributed by atoms with van der Waals surface area (Å²) in [7, 11) is -3.68. The van der Waals surface area contributed by atoms with Crippen LogP contribution in [0, 0.1) is 0 Å². The molecule has 0 atom stereocenters. The summed E-state index contributed by atoms with van der Waals surface area (Å²) in [6, 6.07) is 5.99. The maximum atomic E-state index is 11.2. The number of primary sulfonamides is 1. The standard InChI is InChI=1S/C15H20N4O4S2.ClH/c16-15(6-1-7-15)14-18-13(23-19-14)10-24-9-8-22-11-2-4-12(5-3-11)25(17,20)21;/h2-5H,1,6-10,16H2,(H2,17,20,21);1H. The van der Waals surface area contributed by atoms with Crippen LogP contribution >= 0.6 is 24.2 Å².